The Morgan fingerprint density at radius 1 is 1.60 bits per heavy atom. The lowest BCUT2D eigenvalue weighted by Crippen LogP contribution is -1.92. The van der Waals surface area contributed by atoms with Gasteiger partial charge in [0.15, 0.2) is 0 Å². The number of thiol groups is 1. The van der Waals surface area contributed by atoms with Crippen molar-refractivity contribution in [2.24, 2.45) is 0 Å². The van der Waals surface area contributed by atoms with E-state index in [0.29, 0.717) is 17.1 Å². The maximum Gasteiger partial charge on any atom is 0.276 e. The van der Waals surface area contributed by atoms with E-state index in [2.05, 4.69) is 12.6 Å². The molecule has 80 valence electrons. The number of nitro groups is 1. The molecule has 0 aliphatic rings. The molecule has 0 N–H and O–H groups in total. The van der Waals surface area contributed by atoms with Crippen molar-refractivity contribution in [1.82, 2.24) is 0 Å². The van der Waals surface area contributed by atoms with Gasteiger partial charge in [0.05, 0.1) is 17.6 Å². The standard InChI is InChI=1S/C10H11NO3S/c1-14-9-4-5-10(11(12)13)8(7-9)3-2-6-15/h2-5,7,15H,6H2,1H3. The Morgan fingerprint density at radius 2 is 2.33 bits per heavy atom. The monoisotopic (exact) mass is 225 g/mol. The second-order valence-corrected chi connectivity index (χ2v) is 3.13. The van der Waals surface area contributed by atoms with Crippen LogP contribution >= 0.6 is 12.6 Å². The van der Waals surface area contributed by atoms with Gasteiger partial charge in [-0.1, -0.05) is 12.2 Å². The molecule has 1 aromatic rings. The third-order valence-electron chi connectivity index (χ3n) is 1.83. The van der Waals surface area contributed by atoms with Gasteiger partial charge in [-0.05, 0) is 12.1 Å². The first-order valence-corrected chi connectivity index (χ1v) is 4.92. The van der Waals surface area contributed by atoms with Gasteiger partial charge >= 0.3 is 0 Å². The fourth-order valence-electron chi connectivity index (χ4n) is 1.14. The summed E-state index contributed by atoms with van der Waals surface area (Å²) in [6.07, 6.45) is 3.40. The topological polar surface area (TPSA) is 52.4 Å². The number of ether oxygens (including phenoxy) is 1. The van der Waals surface area contributed by atoms with Gasteiger partial charge in [-0.2, -0.15) is 12.6 Å². The molecule has 0 aromatic heterocycles. The van der Waals surface area contributed by atoms with Crippen LogP contribution in [0.4, 0.5) is 5.69 Å². The normalized spacial score (nSPS) is 10.5. The molecule has 0 saturated carbocycles. The van der Waals surface area contributed by atoms with E-state index in [1.807, 2.05) is 0 Å². The van der Waals surface area contributed by atoms with E-state index in [9.17, 15) is 10.1 Å². The molecule has 15 heavy (non-hydrogen) atoms. The van der Waals surface area contributed by atoms with Gasteiger partial charge in [0, 0.05) is 11.8 Å². The van der Waals surface area contributed by atoms with Crippen LogP contribution in [0.1, 0.15) is 5.56 Å². The molecule has 0 aliphatic carbocycles. The zero-order valence-corrected chi connectivity index (χ0v) is 9.11. The van der Waals surface area contributed by atoms with Gasteiger partial charge < -0.3 is 4.74 Å². The van der Waals surface area contributed by atoms with Crippen LogP contribution < -0.4 is 4.74 Å². The minimum Gasteiger partial charge on any atom is -0.497 e. The molecule has 0 saturated heterocycles. The second-order valence-electron chi connectivity index (χ2n) is 2.77. The average Bonchev–Trinajstić information content (AvgIpc) is 2.25. The SMILES string of the molecule is COc1ccc([N+](=O)[O-])c(C=CCS)c1. The van der Waals surface area contributed by atoms with Crippen molar-refractivity contribution >= 4 is 24.4 Å². The molecule has 0 bridgehead atoms. The molecule has 0 radical (unpaired) electrons. The Kier molecular flexibility index (Phi) is 4.17. The van der Waals surface area contributed by atoms with Gasteiger partial charge in [-0.15, -0.1) is 0 Å². The zero-order valence-electron chi connectivity index (χ0n) is 8.21. The number of hydrogen-bond donors (Lipinski definition) is 1. The number of benzene rings is 1. The maximum absolute atomic E-state index is 10.7. The summed E-state index contributed by atoms with van der Waals surface area (Å²) in [5, 5.41) is 10.7. The fourth-order valence-corrected chi connectivity index (χ4v) is 1.24. The van der Waals surface area contributed by atoms with Crippen molar-refractivity contribution in [2.45, 2.75) is 0 Å². The minimum absolute atomic E-state index is 0.0637. The van der Waals surface area contributed by atoms with Gasteiger partial charge in [0.1, 0.15) is 5.75 Å². The van der Waals surface area contributed by atoms with Crippen molar-refractivity contribution in [1.29, 1.82) is 0 Å². The van der Waals surface area contributed by atoms with Gasteiger partial charge in [-0.25, -0.2) is 0 Å². The highest BCUT2D eigenvalue weighted by molar-refractivity contribution is 7.80. The van der Waals surface area contributed by atoms with E-state index >= 15 is 0 Å². The third-order valence-corrected chi connectivity index (χ3v) is 2.05. The first-order valence-electron chi connectivity index (χ1n) is 4.29. The number of nitro benzene ring substituents is 1. The number of hydrogen-bond acceptors (Lipinski definition) is 4. The van der Waals surface area contributed by atoms with Crippen LogP contribution in [-0.4, -0.2) is 17.8 Å². The van der Waals surface area contributed by atoms with Crippen molar-refractivity contribution < 1.29 is 9.66 Å². The number of methoxy groups -OCH3 is 1. The van der Waals surface area contributed by atoms with E-state index < -0.39 is 4.92 Å². The molecule has 4 nitrogen and oxygen atoms in total. The van der Waals surface area contributed by atoms with E-state index in [0.717, 1.165) is 0 Å². The Bertz CT molecular complexity index is 390. The van der Waals surface area contributed by atoms with Crippen LogP contribution in [0.25, 0.3) is 6.08 Å². The molecule has 0 spiro atoms. The van der Waals surface area contributed by atoms with E-state index in [4.69, 9.17) is 4.74 Å². The van der Waals surface area contributed by atoms with Crippen molar-refractivity contribution in [3.63, 3.8) is 0 Å². The summed E-state index contributed by atoms with van der Waals surface area (Å²) in [6, 6.07) is 4.62. The summed E-state index contributed by atoms with van der Waals surface area (Å²) in [4.78, 5) is 10.3. The Hall–Kier alpha value is -1.49. The number of rotatable bonds is 4. The molecule has 0 atom stereocenters. The lowest BCUT2D eigenvalue weighted by molar-refractivity contribution is -0.385. The molecule has 0 unspecified atom stereocenters. The Labute approximate surface area is 93.1 Å². The summed E-state index contributed by atoms with van der Waals surface area (Å²) in [7, 11) is 1.52. The fraction of sp³-hybridized carbons (Fsp3) is 0.200. The van der Waals surface area contributed by atoms with Crippen molar-refractivity contribution in [3.05, 3.63) is 40.0 Å². The van der Waals surface area contributed by atoms with Crippen LogP contribution in [0.5, 0.6) is 5.75 Å². The zero-order chi connectivity index (χ0) is 11.3. The lowest BCUT2D eigenvalue weighted by atomic mass is 10.1. The molecule has 0 heterocycles. The summed E-state index contributed by atoms with van der Waals surface area (Å²) in [5.74, 6) is 1.13. The quantitative estimate of drug-likeness (QED) is 0.486. The average molecular weight is 225 g/mol. The summed E-state index contributed by atoms with van der Waals surface area (Å²) in [5.41, 5.74) is 0.585. The smallest absolute Gasteiger partial charge is 0.276 e. The molecule has 0 amide bonds. The Balaban J connectivity index is 3.16. The summed E-state index contributed by atoms with van der Waals surface area (Å²) >= 11 is 4.00. The third kappa shape index (κ3) is 2.99. The van der Waals surface area contributed by atoms with Crippen LogP contribution in [0.2, 0.25) is 0 Å². The highest BCUT2D eigenvalue weighted by atomic mass is 32.1. The second kappa shape index (κ2) is 5.41. The molecule has 0 aliphatic heterocycles. The van der Waals surface area contributed by atoms with E-state index in [1.54, 1.807) is 24.3 Å². The van der Waals surface area contributed by atoms with Crippen molar-refractivity contribution in [3.8, 4) is 5.75 Å². The highest BCUT2D eigenvalue weighted by Gasteiger charge is 2.11. The number of nitrogens with zero attached hydrogens (tertiary/aromatic N) is 1. The molecule has 1 rings (SSSR count). The minimum atomic E-state index is -0.419. The van der Waals surface area contributed by atoms with Crippen LogP contribution in [0.15, 0.2) is 24.3 Å². The van der Waals surface area contributed by atoms with Crippen LogP contribution in [0, 0.1) is 10.1 Å². The van der Waals surface area contributed by atoms with Gasteiger partial charge in [-0.3, -0.25) is 10.1 Å². The molecule has 1 aromatic carbocycles. The van der Waals surface area contributed by atoms with Gasteiger partial charge in [0.2, 0.25) is 0 Å². The predicted octanol–water partition coefficient (Wildman–Crippen LogP) is 2.55. The first-order chi connectivity index (χ1) is 7.19. The molecular formula is C10H11NO3S. The van der Waals surface area contributed by atoms with Crippen molar-refractivity contribution in [2.75, 3.05) is 12.9 Å². The lowest BCUT2D eigenvalue weighted by Gasteiger charge is -2.01. The molecule has 0 fully saturated rings. The van der Waals surface area contributed by atoms with E-state index in [-0.39, 0.29) is 5.69 Å². The highest BCUT2D eigenvalue weighted by Crippen LogP contribution is 2.24. The molecule has 5 heteroatoms. The van der Waals surface area contributed by atoms with Crippen LogP contribution in [-0.2, 0) is 0 Å². The van der Waals surface area contributed by atoms with Crippen LogP contribution in [0.3, 0.4) is 0 Å². The predicted molar refractivity (Wildman–Crippen MR) is 62.5 cm³/mol. The largest absolute Gasteiger partial charge is 0.497 e. The summed E-state index contributed by atoms with van der Waals surface area (Å²) in [6.45, 7) is 0. The summed E-state index contributed by atoms with van der Waals surface area (Å²) < 4.78 is 4.99. The van der Waals surface area contributed by atoms with Gasteiger partial charge in [0.25, 0.3) is 5.69 Å². The first kappa shape index (κ1) is 11.6. The van der Waals surface area contributed by atoms with E-state index in [1.165, 1.54) is 13.2 Å². The maximum atomic E-state index is 10.7. The Morgan fingerprint density at radius 3 is 2.87 bits per heavy atom. The molecular weight excluding hydrogens is 214 g/mol.